The van der Waals surface area contributed by atoms with Gasteiger partial charge in [-0.2, -0.15) is 0 Å². The lowest BCUT2D eigenvalue weighted by atomic mass is 10.1. The van der Waals surface area contributed by atoms with Crippen molar-refractivity contribution in [2.45, 2.75) is 19.4 Å². The third-order valence-corrected chi connectivity index (χ3v) is 3.32. The minimum absolute atomic E-state index is 0.392. The van der Waals surface area contributed by atoms with Crippen LogP contribution in [0.2, 0.25) is 5.02 Å². The molecule has 2 amide bonds. The predicted octanol–water partition coefficient (Wildman–Crippen LogP) is 4.23. The standard InChI is InChI=1S/C17H17ClN2O4/c1-17(2,15(21)22)24-14-8-6-12(7-9-14)19-16(23)20-13-5-3-4-11(18)10-13/h3-10H,1-2H3,(H,21,22)(H2,19,20,23). The van der Waals surface area contributed by atoms with E-state index in [0.717, 1.165) is 0 Å². The van der Waals surface area contributed by atoms with Crippen molar-refractivity contribution in [3.8, 4) is 5.75 Å². The summed E-state index contributed by atoms with van der Waals surface area (Å²) in [5, 5.41) is 14.9. The Hall–Kier alpha value is -2.73. The highest BCUT2D eigenvalue weighted by Gasteiger charge is 2.29. The van der Waals surface area contributed by atoms with Crippen LogP contribution in [0.4, 0.5) is 16.2 Å². The van der Waals surface area contributed by atoms with E-state index in [1.807, 2.05) is 0 Å². The first kappa shape index (κ1) is 17.6. The lowest BCUT2D eigenvalue weighted by Crippen LogP contribution is -2.37. The molecule has 2 rings (SSSR count). The Morgan fingerprint density at radius 3 is 2.25 bits per heavy atom. The third-order valence-electron chi connectivity index (χ3n) is 3.08. The summed E-state index contributed by atoms with van der Waals surface area (Å²) < 4.78 is 5.39. The van der Waals surface area contributed by atoms with Gasteiger partial charge in [0.2, 0.25) is 0 Å². The molecule has 0 bridgehead atoms. The summed E-state index contributed by atoms with van der Waals surface area (Å²) in [7, 11) is 0. The van der Waals surface area contributed by atoms with Gasteiger partial charge in [-0.15, -0.1) is 0 Å². The molecule has 24 heavy (non-hydrogen) atoms. The van der Waals surface area contributed by atoms with Gasteiger partial charge in [0.15, 0.2) is 5.60 Å². The Morgan fingerprint density at radius 1 is 1.04 bits per heavy atom. The molecule has 0 aliphatic rings. The number of carboxylic acid groups (broad SMARTS) is 1. The summed E-state index contributed by atoms with van der Waals surface area (Å²) in [6.45, 7) is 2.92. The van der Waals surface area contributed by atoms with Gasteiger partial charge in [-0.1, -0.05) is 17.7 Å². The maximum Gasteiger partial charge on any atom is 0.347 e. The number of hydrogen-bond acceptors (Lipinski definition) is 3. The number of amides is 2. The van der Waals surface area contributed by atoms with Crippen molar-refractivity contribution in [1.82, 2.24) is 0 Å². The molecular weight excluding hydrogens is 332 g/mol. The van der Waals surface area contributed by atoms with E-state index in [1.54, 1.807) is 48.5 Å². The highest BCUT2D eigenvalue weighted by molar-refractivity contribution is 6.30. The van der Waals surface area contributed by atoms with Crippen LogP contribution < -0.4 is 15.4 Å². The van der Waals surface area contributed by atoms with Crippen LogP contribution in [0.25, 0.3) is 0 Å². The maximum absolute atomic E-state index is 11.9. The molecule has 0 saturated carbocycles. The quantitative estimate of drug-likeness (QED) is 0.754. The van der Waals surface area contributed by atoms with Crippen molar-refractivity contribution in [1.29, 1.82) is 0 Å². The second-order valence-electron chi connectivity index (χ2n) is 5.53. The number of carbonyl (C=O) groups excluding carboxylic acids is 1. The molecule has 0 unspecified atom stereocenters. The SMILES string of the molecule is CC(C)(Oc1ccc(NC(=O)Nc2cccc(Cl)c2)cc1)C(=O)O. The van der Waals surface area contributed by atoms with Crippen LogP contribution in [0.15, 0.2) is 48.5 Å². The molecule has 0 atom stereocenters. The molecule has 0 spiro atoms. The van der Waals surface area contributed by atoms with Crippen molar-refractivity contribution in [2.75, 3.05) is 10.6 Å². The molecule has 2 aromatic rings. The van der Waals surface area contributed by atoms with Crippen molar-refractivity contribution in [2.24, 2.45) is 0 Å². The largest absolute Gasteiger partial charge is 0.478 e. The fourth-order valence-electron chi connectivity index (χ4n) is 1.80. The molecule has 0 fully saturated rings. The van der Waals surface area contributed by atoms with Crippen molar-refractivity contribution < 1.29 is 19.4 Å². The first-order valence-electron chi connectivity index (χ1n) is 7.12. The van der Waals surface area contributed by atoms with E-state index in [4.69, 9.17) is 21.4 Å². The van der Waals surface area contributed by atoms with Gasteiger partial charge in [-0.05, 0) is 56.3 Å². The van der Waals surface area contributed by atoms with Crippen molar-refractivity contribution >= 4 is 35.0 Å². The molecule has 0 aliphatic heterocycles. The van der Waals surface area contributed by atoms with Gasteiger partial charge >= 0.3 is 12.0 Å². The van der Waals surface area contributed by atoms with E-state index in [0.29, 0.717) is 22.1 Å². The highest BCUT2D eigenvalue weighted by atomic mass is 35.5. The molecule has 0 aliphatic carbocycles. The zero-order valence-corrected chi connectivity index (χ0v) is 13.9. The van der Waals surface area contributed by atoms with E-state index in [9.17, 15) is 9.59 Å². The number of urea groups is 1. The molecular formula is C17H17ClN2O4. The number of anilines is 2. The number of ether oxygens (including phenoxy) is 1. The fourth-order valence-corrected chi connectivity index (χ4v) is 1.99. The van der Waals surface area contributed by atoms with E-state index in [2.05, 4.69) is 10.6 Å². The molecule has 0 radical (unpaired) electrons. The Labute approximate surface area is 144 Å². The average molecular weight is 349 g/mol. The summed E-state index contributed by atoms with van der Waals surface area (Å²) in [4.78, 5) is 23.0. The Kier molecular flexibility index (Phi) is 5.31. The summed E-state index contributed by atoms with van der Waals surface area (Å²) in [6.07, 6.45) is 0. The van der Waals surface area contributed by atoms with Crippen LogP contribution >= 0.6 is 11.6 Å². The Bertz CT molecular complexity index is 745. The molecule has 0 aromatic heterocycles. The first-order valence-corrected chi connectivity index (χ1v) is 7.50. The van der Waals surface area contributed by atoms with Gasteiger partial charge in [-0.3, -0.25) is 0 Å². The van der Waals surface area contributed by atoms with Crippen molar-refractivity contribution in [3.63, 3.8) is 0 Å². The number of hydrogen-bond donors (Lipinski definition) is 3. The zero-order valence-electron chi connectivity index (χ0n) is 13.2. The van der Waals surface area contributed by atoms with Crippen LogP contribution in [0.3, 0.4) is 0 Å². The zero-order chi connectivity index (χ0) is 17.7. The number of nitrogens with one attached hydrogen (secondary N) is 2. The summed E-state index contributed by atoms with van der Waals surface area (Å²) >= 11 is 5.85. The number of aliphatic carboxylic acids is 1. The van der Waals surface area contributed by atoms with Crippen LogP contribution in [-0.2, 0) is 4.79 Å². The van der Waals surface area contributed by atoms with Crippen LogP contribution in [0.5, 0.6) is 5.75 Å². The fraction of sp³-hybridized carbons (Fsp3) is 0.176. The molecule has 3 N–H and O–H groups in total. The Balaban J connectivity index is 1.96. The number of carbonyl (C=O) groups is 2. The summed E-state index contributed by atoms with van der Waals surface area (Å²) in [5.41, 5.74) is -0.225. The Morgan fingerprint density at radius 2 is 1.67 bits per heavy atom. The molecule has 0 saturated heterocycles. The minimum atomic E-state index is -1.33. The van der Waals surface area contributed by atoms with Crippen molar-refractivity contribution in [3.05, 3.63) is 53.6 Å². The second kappa shape index (κ2) is 7.23. The normalized spacial score (nSPS) is 10.8. The van der Waals surface area contributed by atoms with Crippen LogP contribution in [0, 0.1) is 0 Å². The van der Waals surface area contributed by atoms with Gasteiger partial charge in [-0.25, -0.2) is 9.59 Å². The van der Waals surface area contributed by atoms with E-state index in [-0.39, 0.29) is 0 Å². The molecule has 6 nitrogen and oxygen atoms in total. The number of benzene rings is 2. The topological polar surface area (TPSA) is 87.7 Å². The van der Waals surface area contributed by atoms with E-state index in [1.165, 1.54) is 13.8 Å². The summed E-state index contributed by atoms with van der Waals surface area (Å²) in [5.74, 6) is -0.672. The highest BCUT2D eigenvalue weighted by Crippen LogP contribution is 2.21. The summed E-state index contributed by atoms with van der Waals surface area (Å²) in [6, 6.07) is 12.8. The minimum Gasteiger partial charge on any atom is -0.478 e. The number of rotatable bonds is 5. The number of carboxylic acids is 1. The third kappa shape index (κ3) is 4.89. The van der Waals surface area contributed by atoms with Gasteiger partial charge in [0.25, 0.3) is 0 Å². The smallest absolute Gasteiger partial charge is 0.347 e. The maximum atomic E-state index is 11.9. The lowest BCUT2D eigenvalue weighted by molar-refractivity contribution is -0.152. The molecule has 126 valence electrons. The monoisotopic (exact) mass is 348 g/mol. The average Bonchev–Trinajstić information content (AvgIpc) is 2.48. The first-order chi connectivity index (χ1) is 11.3. The van der Waals surface area contributed by atoms with Gasteiger partial charge in [0, 0.05) is 16.4 Å². The number of halogens is 1. The lowest BCUT2D eigenvalue weighted by Gasteiger charge is -2.21. The molecule has 7 heteroatoms. The van der Waals surface area contributed by atoms with Gasteiger partial charge in [0.1, 0.15) is 5.75 Å². The van der Waals surface area contributed by atoms with E-state index >= 15 is 0 Å². The van der Waals surface area contributed by atoms with Crippen LogP contribution in [0.1, 0.15) is 13.8 Å². The van der Waals surface area contributed by atoms with E-state index < -0.39 is 17.6 Å². The van der Waals surface area contributed by atoms with Crippen LogP contribution in [-0.4, -0.2) is 22.7 Å². The molecule has 0 heterocycles. The van der Waals surface area contributed by atoms with Gasteiger partial charge in [0.05, 0.1) is 0 Å². The second-order valence-corrected chi connectivity index (χ2v) is 5.97. The molecule has 2 aromatic carbocycles. The predicted molar refractivity (Wildman–Crippen MR) is 92.9 cm³/mol. The van der Waals surface area contributed by atoms with Gasteiger partial charge < -0.3 is 20.5 Å².